The maximum Gasteiger partial charge on any atom is 0.312 e. The van der Waals surface area contributed by atoms with Crippen LogP contribution in [-0.4, -0.2) is 61.7 Å². The summed E-state index contributed by atoms with van der Waals surface area (Å²) >= 11 is 0. The maximum absolute atomic E-state index is 13.5. The lowest BCUT2D eigenvalue weighted by Gasteiger charge is -2.64. The number of ketones is 1. The molecule has 0 aromatic rings. The summed E-state index contributed by atoms with van der Waals surface area (Å²) in [7, 11) is 0. The second-order valence-corrected chi connectivity index (χ2v) is 10.3. The molecule has 0 amide bonds. The molecule has 5 aliphatic rings. The van der Waals surface area contributed by atoms with Gasteiger partial charge in [-0.15, -0.1) is 0 Å². The molecular formula is C20H28O7. The fraction of sp³-hybridized carbons (Fsp3) is 0.900. The Kier molecular flexibility index (Phi) is 3.06. The van der Waals surface area contributed by atoms with E-state index in [4.69, 9.17) is 4.74 Å². The van der Waals surface area contributed by atoms with Gasteiger partial charge in [0.05, 0.1) is 18.1 Å². The van der Waals surface area contributed by atoms with Crippen molar-refractivity contribution in [2.75, 3.05) is 6.61 Å². The van der Waals surface area contributed by atoms with E-state index >= 15 is 0 Å². The van der Waals surface area contributed by atoms with Gasteiger partial charge in [-0.3, -0.25) is 9.59 Å². The topological polar surface area (TPSA) is 124 Å². The predicted molar refractivity (Wildman–Crippen MR) is 91.3 cm³/mol. The first kappa shape index (κ1) is 18.0. The van der Waals surface area contributed by atoms with Crippen molar-refractivity contribution < 1.29 is 34.8 Å². The zero-order chi connectivity index (χ0) is 19.7. The molecule has 4 saturated carbocycles. The van der Waals surface area contributed by atoms with E-state index in [0.29, 0.717) is 25.7 Å². The molecule has 0 aromatic heterocycles. The Morgan fingerprint density at radius 2 is 1.81 bits per heavy atom. The average Bonchev–Trinajstić information content (AvgIpc) is 2.84. The number of hydrogen-bond donors (Lipinski definition) is 4. The molecule has 4 bridgehead atoms. The van der Waals surface area contributed by atoms with Gasteiger partial charge in [-0.2, -0.15) is 0 Å². The van der Waals surface area contributed by atoms with Crippen molar-refractivity contribution in [1.29, 1.82) is 0 Å². The average molecular weight is 380 g/mol. The second kappa shape index (κ2) is 4.58. The number of fused-ring (bicyclic) bond motifs is 1. The number of esters is 1. The van der Waals surface area contributed by atoms with Crippen LogP contribution in [0.2, 0.25) is 0 Å². The van der Waals surface area contributed by atoms with Crippen LogP contribution < -0.4 is 0 Å². The summed E-state index contributed by atoms with van der Waals surface area (Å²) in [5.41, 5.74) is -7.48. The Morgan fingerprint density at radius 3 is 2.48 bits per heavy atom. The fourth-order valence-corrected chi connectivity index (χ4v) is 8.08. The highest BCUT2D eigenvalue weighted by atomic mass is 16.6. The molecule has 8 atom stereocenters. The minimum absolute atomic E-state index is 0.0607. The highest BCUT2D eigenvalue weighted by Crippen LogP contribution is 2.77. The molecule has 1 spiro atoms. The van der Waals surface area contributed by atoms with Crippen molar-refractivity contribution in [3.63, 3.8) is 0 Å². The summed E-state index contributed by atoms with van der Waals surface area (Å²) in [5, 5.41) is 42.4. The van der Waals surface area contributed by atoms with Crippen LogP contribution >= 0.6 is 0 Å². The molecule has 0 aromatic carbocycles. The van der Waals surface area contributed by atoms with Crippen LogP contribution in [0.15, 0.2) is 0 Å². The van der Waals surface area contributed by atoms with Crippen LogP contribution in [0.4, 0.5) is 0 Å². The van der Waals surface area contributed by atoms with Crippen molar-refractivity contribution in [2.45, 2.75) is 81.7 Å². The van der Waals surface area contributed by atoms with Crippen LogP contribution in [0.1, 0.15) is 58.8 Å². The molecule has 7 nitrogen and oxygen atoms in total. The van der Waals surface area contributed by atoms with E-state index in [-0.39, 0.29) is 31.1 Å². The van der Waals surface area contributed by atoms with Crippen molar-refractivity contribution in [3.05, 3.63) is 0 Å². The lowest BCUT2D eigenvalue weighted by molar-refractivity contribution is -0.242. The minimum Gasteiger partial charge on any atom is -0.458 e. The third-order valence-corrected chi connectivity index (χ3v) is 9.56. The van der Waals surface area contributed by atoms with Gasteiger partial charge in [0.25, 0.3) is 0 Å². The van der Waals surface area contributed by atoms with E-state index in [0.717, 1.165) is 0 Å². The van der Waals surface area contributed by atoms with Gasteiger partial charge >= 0.3 is 5.97 Å². The van der Waals surface area contributed by atoms with Crippen molar-refractivity contribution in [3.8, 4) is 0 Å². The highest BCUT2D eigenvalue weighted by molar-refractivity contribution is 5.98. The molecule has 5 rings (SSSR count). The molecule has 1 saturated heterocycles. The molecule has 4 aliphatic carbocycles. The molecule has 8 unspecified atom stereocenters. The van der Waals surface area contributed by atoms with E-state index in [9.17, 15) is 30.0 Å². The van der Waals surface area contributed by atoms with Gasteiger partial charge in [-0.1, -0.05) is 6.92 Å². The number of aliphatic hydroxyl groups excluding tert-OH is 2. The van der Waals surface area contributed by atoms with Crippen LogP contribution in [-0.2, 0) is 14.3 Å². The summed E-state index contributed by atoms with van der Waals surface area (Å²) in [6.45, 7) is 2.96. The smallest absolute Gasteiger partial charge is 0.312 e. The monoisotopic (exact) mass is 380 g/mol. The van der Waals surface area contributed by atoms with Gasteiger partial charge < -0.3 is 25.2 Å². The van der Waals surface area contributed by atoms with E-state index in [1.807, 2.05) is 13.8 Å². The Labute approximate surface area is 157 Å². The van der Waals surface area contributed by atoms with Crippen molar-refractivity contribution >= 4 is 11.8 Å². The van der Waals surface area contributed by atoms with Crippen LogP contribution in [0.25, 0.3) is 0 Å². The summed E-state index contributed by atoms with van der Waals surface area (Å²) in [4.78, 5) is 26.4. The first-order valence-electron chi connectivity index (χ1n) is 9.97. The quantitative estimate of drug-likeness (QED) is 0.474. The second-order valence-electron chi connectivity index (χ2n) is 10.3. The normalized spacial score (nSPS) is 61.4. The van der Waals surface area contributed by atoms with Crippen LogP contribution in [0, 0.1) is 22.2 Å². The van der Waals surface area contributed by atoms with Gasteiger partial charge in [0, 0.05) is 23.2 Å². The standard InChI is InChI=1S/C20H28O7/c1-15-7-11(22)8-20(27-14(15)24)12(15)3-4-17-9-18(25,6-5-16(17,20)2)19(26,10-21)13(17)23/h11-12,21-22,25-26H,3-10H2,1-2H3. The highest BCUT2D eigenvalue weighted by Gasteiger charge is 2.85. The first-order valence-corrected chi connectivity index (χ1v) is 9.97. The van der Waals surface area contributed by atoms with Crippen molar-refractivity contribution in [2.24, 2.45) is 22.2 Å². The molecule has 5 fully saturated rings. The van der Waals surface area contributed by atoms with Gasteiger partial charge in [-0.05, 0) is 45.4 Å². The van der Waals surface area contributed by atoms with E-state index < -0.39 is 51.5 Å². The third-order valence-electron chi connectivity index (χ3n) is 9.56. The number of rotatable bonds is 1. The summed E-state index contributed by atoms with van der Waals surface area (Å²) in [5.74, 6) is -0.943. The summed E-state index contributed by atoms with van der Waals surface area (Å²) in [6, 6.07) is 0. The molecule has 150 valence electrons. The predicted octanol–water partition coefficient (Wildman–Crippen LogP) is 0.0668. The lowest BCUT2D eigenvalue weighted by atomic mass is 9.39. The molecule has 0 radical (unpaired) electrons. The number of aliphatic hydroxyl groups is 4. The van der Waals surface area contributed by atoms with Crippen molar-refractivity contribution in [1.82, 2.24) is 0 Å². The van der Waals surface area contributed by atoms with E-state index in [1.54, 1.807) is 0 Å². The zero-order valence-electron chi connectivity index (χ0n) is 15.8. The van der Waals surface area contributed by atoms with Crippen LogP contribution in [0.3, 0.4) is 0 Å². The molecule has 1 aliphatic heterocycles. The summed E-state index contributed by atoms with van der Waals surface area (Å²) < 4.78 is 6.07. The Balaban J connectivity index is 1.72. The zero-order valence-corrected chi connectivity index (χ0v) is 15.8. The Hall–Kier alpha value is -1.02. The fourth-order valence-electron chi connectivity index (χ4n) is 8.08. The largest absolute Gasteiger partial charge is 0.458 e. The lowest BCUT2D eigenvalue weighted by Crippen LogP contribution is -2.68. The van der Waals surface area contributed by atoms with Gasteiger partial charge in [0.2, 0.25) is 0 Å². The van der Waals surface area contributed by atoms with E-state index in [2.05, 4.69) is 0 Å². The SMILES string of the molecule is CC12CC(O)CC3(OC1=O)C2CCC12CC(O)(CCC13C)C(O)(CO)C2=O. The van der Waals surface area contributed by atoms with Crippen LogP contribution in [0.5, 0.6) is 0 Å². The van der Waals surface area contributed by atoms with Gasteiger partial charge in [-0.25, -0.2) is 0 Å². The maximum atomic E-state index is 13.5. The number of carbonyl (C=O) groups is 2. The Morgan fingerprint density at radius 1 is 1.11 bits per heavy atom. The Bertz CT molecular complexity index is 767. The number of Topliss-reactive ketones (excluding diaryl/α,β-unsaturated/α-hetero) is 1. The molecule has 4 N–H and O–H groups in total. The third kappa shape index (κ3) is 1.53. The van der Waals surface area contributed by atoms with E-state index in [1.165, 1.54) is 0 Å². The van der Waals surface area contributed by atoms with Gasteiger partial charge in [0.1, 0.15) is 11.2 Å². The number of ether oxygens (including phenoxy) is 1. The molecule has 27 heavy (non-hydrogen) atoms. The molecule has 7 heteroatoms. The van der Waals surface area contributed by atoms with Gasteiger partial charge in [0.15, 0.2) is 11.4 Å². The molecule has 1 heterocycles. The number of hydrogen-bond acceptors (Lipinski definition) is 7. The first-order chi connectivity index (χ1) is 12.4. The number of carbonyl (C=O) groups excluding carboxylic acids is 2. The summed E-state index contributed by atoms with van der Waals surface area (Å²) in [6.07, 6.45) is 1.55. The molecular weight excluding hydrogens is 352 g/mol. The minimum atomic E-state index is -2.19.